The number of amides is 2. The van der Waals surface area contributed by atoms with E-state index in [0.29, 0.717) is 23.4 Å². The highest BCUT2D eigenvalue weighted by molar-refractivity contribution is 6.49. The van der Waals surface area contributed by atoms with Crippen LogP contribution in [-0.4, -0.2) is 48.3 Å². The Morgan fingerprint density at radius 1 is 0.971 bits per heavy atom. The zero-order valence-corrected chi connectivity index (χ0v) is 19.5. The van der Waals surface area contributed by atoms with Crippen LogP contribution in [0.4, 0.5) is 0 Å². The molecule has 0 atom stereocenters. The normalized spacial score (nSPS) is 14.3. The van der Waals surface area contributed by atoms with E-state index in [1.165, 1.54) is 7.05 Å². The molecule has 8 nitrogen and oxygen atoms in total. The van der Waals surface area contributed by atoms with Gasteiger partial charge in [-0.15, -0.1) is 5.10 Å². The van der Waals surface area contributed by atoms with Gasteiger partial charge in [-0.25, -0.2) is 0 Å². The summed E-state index contributed by atoms with van der Waals surface area (Å²) in [6, 6.07) is 12.1. The molecule has 172 valence electrons. The summed E-state index contributed by atoms with van der Waals surface area (Å²) in [7, 11) is 1.51. The maximum atomic E-state index is 13.2. The summed E-state index contributed by atoms with van der Waals surface area (Å²) in [5, 5.41) is 9.44. The number of hydrogen-bond acceptors (Lipinski definition) is 5. The van der Waals surface area contributed by atoms with Crippen molar-refractivity contribution in [3.8, 4) is 0 Å². The molecule has 4 aromatic rings. The van der Waals surface area contributed by atoms with Crippen LogP contribution in [0.2, 0.25) is 0 Å². The van der Waals surface area contributed by atoms with Crippen LogP contribution in [0, 0.1) is 0 Å². The first-order valence-corrected chi connectivity index (χ1v) is 11.4. The molecule has 4 heterocycles. The Bertz CT molecular complexity index is 1410. The van der Waals surface area contributed by atoms with E-state index in [0.717, 1.165) is 39.8 Å². The molecule has 0 unspecified atom stereocenters. The van der Waals surface area contributed by atoms with Gasteiger partial charge in [-0.1, -0.05) is 29.5 Å². The third-order valence-electron chi connectivity index (χ3n) is 6.22. The number of fused-ring (bicyclic) bond motifs is 1. The first-order chi connectivity index (χ1) is 16.5. The molecule has 0 saturated heterocycles. The average molecular weight is 455 g/mol. The van der Waals surface area contributed by atoms with Crippen molar-refractivity contribution in [3.05, 3.63) is 78.0 Å². The summed E-state index contributed by atoms with van der Waals surface area (Å²) in [5.41, 5.74) is 4.03. The number of para-hydroxylation sites is 1. The van der Waals surface area contributed by atoms with Crippen LogP contribution < -0.4 is 0 Å². The highest BCUT2D eigenvalue weighted by atomic mass is 16.2. The van der Waals surface area contributed by atoms with Crippen molar-refractivity contribution < 1.29 is 9.59 Å². The number of pyridine rings is 1. The highest BCUT2D eigenvalue weighted by Gasteiger charge is 2.39. The predicted octanol–water partition coefficient (Wildman–Crippen LogP) is 3.75. The lowest BCUT2D eigenvalue weighted by atomic mass is 9.99. The van der Waals surface area contributed by atoms with E-state index in [9.17, 15) is 9.59 Å². The number of benzene rings is 1. The summed E-state index contributed by atoms with van der Waals surface area (Å²) in [5.74, 6) is -0.679. The molecule has 0 spiro atoms. The van der Waals surface area contributed by atoms with E-state index in [1.807, 2.05) is 48.8 Å². The van der Waals surface area contributed by atoms with Crippen molar-refractivity contribution in [2.24, 2.45) is 0 Å². The number of carbonyl (C=O) groups excluding carboxylic acids is 2. The van der Waals surface area contributed by atoms with E-state index < -0.39 is 0 Å². The lowest BCUT2D eigenvalue weighted by Crippen LogP contribution is -2.26. The van der Waals surface area contributed by atoms with Gasteiger partial charge in [0.15, 0.2) is 0 Å². The molecule has 2 amide bonds. The van der Waals surface area contributed by atoms with Crippen molar-refractivity contribution in [1.29, 1.82) is 0 Å². The molecule has 0 radical (unpaired) electrons. The Morgan fingerprint density at radius 2 is 1.76 bits per heavy atom. The van der Waals surface area contributed by atoms with E-state index in [2.05, 4.69) is 33.7 Å². The third-order valence-corrected chi connectivity index (χ3v) is 6.22. The van der Waals surface area contributed by atoms with Crippen molar-refractivity contribution in [2.45, 2.75) is 39.3 Å². The summed E-state index contributed by atoms with van der Waals surface area (Å²) < 4.78 is 3.85. The van der Waals surface area contributed by atoms with E-state index >= 15 is 0 Å². The quantitative estimate of drug-likeness (QED) is 0.397. The lowest BCUT2D eigenvalue weighted by Gasteiger charge is -2.08. The molecule has 0 fully saturated rings. The van der Waals surface area contributed by atoms with Crippen LogP contribution in [0.5, 0.6) is 0 Å². The fourth-order valence-electron chi connectivity index (χ4n) is 4.47. The number of rotatable bonds is 7. The molecule has 0 bridgehead atoms. The van der Waals surface area contributed by atoms with Gasteiger partial charge in [0.25, 0.3) is 11.8 Å². The summed E-state index contributed by atoms with van der Waals surface area (Å²) in [6.45, 7) is 4.84. The van der Waals surface area contributed by atoms with Crippen molar-refractivity contribution in [3.63, 3.8) is 0 Å². The average Bonchev–Trinajstić information content (AvgIpc) is 3.52. The van der Waals surface area contributed by atoms with Gasteiger partial charge in [0, 0.05) is 54.7 Å². The molecule has 1 aliphatic rings. The smallest absolute Gasteiger partial charge is 0.263 e. The fraction of sp³-hybridized carbons (Fsp3) is 0.269. The van der Waals surface area contributed by atoms with E-state index in [-0.39, 0.29) is 17.9 Å². The molecule has 3 aromatic heterocycles. The zero-order chi connectivity index (χ0) is 23.8. The predicted molar refractivity (Wildman–Crippen MR) is 129 cm³/mol. The first kappa shape index (κ1) is 21.8. The highest BCUT2D eigenvalue weighted by Crippen LogP contribution is 2.38. The number of aryl methyl sites for hydroxylation is 2. The largest absolute Gasteiger partial charge is 0.344 e. The van der Waals surface area contributed by atoms with Crippen LogP contribution >= 0.6 is 0 Å². The van der Waals surface area contributed by atoms with Gasteiger partial charge in [0.2, 0.25) is 0 Å². The third kappa shape index (κ3) is 3.71. The number of imide groups is 1. The molecule has 0 saturated carbocycles. The number of likely N-dealkylation sites (N-methyl/N-ethyl adjacent to an activating group) is 1. The van der Waals surface area contributed by atoms with Gasteiger partial charge >= 0.3 is 0 Å². The Kier molecular flexibility index (Phi) is 5.57. The minimum absolute atomic E-state index is 0.202. The molecule has 1 aliphatic heterocycles. The fourth-order valence-corrected chi connectivity index (χ4v) is 4.47. The number of carbonyl (C=O) groups is 2. The van der Waals surface area contributed by atoms with E-state index in [4.69, 9.17) is 0 Å². The molecular weight excluding hydrogens is 428 g/mol. The molecule has 34 heavy (non-hydrogen) atoms. The molecular formula is C26H26N6O2. The number of hydrogen-bond donors (Lipinski definition) is 0. The molecule has 5 rings (SSSR count). The van der Waals surface area contributed by atoms with Crippen LogP contribution in [0.3, 0.4) is 0 Å². The minimum atomic E-state index is -0.358. The second-order valence-corrected chi connectivity index (χ2v) is 8.81. The summed E-state index contributed by atoms with van der Waals surface area (Å²) in [4.78, 5) is 31.7. The van der Waals surface area contributed by atoms with Crippen molar-refractivity contribution in [1.82, 2.24) is 29.4 Å². The first-order valence-electron chi connectivity index (χ1n) is 11.4. The van der Waals surface area contributed by atoms with Gasteiger partial charge < -0.3 is 4.57 Å². The van der Waals surface area contributed by atoms with Crippen LogP contribution in [0.15, 0.2) is 61.2 Å². The van der Waals surface area contributed by atoms with Crippen LogP contribution in [0.25, 0.3) is 22.0 Å². The van der Waals surface area contributed by atoms with Crippen molar-refractivity contribution in [2.75, 3.05) is 7.05 Å². The van der Waals surface area contributed by atoms with Gasteiger partial charge in [0.05, 0.1) is 17.3 Å². The van der Waals surface area contributed by atoms with Crippen LogP contribution in [0.1, 0.15) is 43.1 Å². The molecule has 0 N–H and O–H groups in total. The SMILES string of the molecule is CC(C)n1cc(C2=C(c3cn(CCCc4cccnc4)nn3)C(=O)N(C)C2=O)c2ccccc21. The van der Waals surface area contributed by atoms with E-state index in [1.54, 1.807) is 17.1 Å². The maximum absolute atomic E-state index is 13.2. The second kappa shape index (κ2) is 8.70. The summed E-state index contributed by atoms with van der Waals surface area (Å²) in [6.07, 6.45) is 9.06. The number of nitrogens with zero attached hydrogens (tertiary/aromatic N) is 6. The molecule has 0 aliphatic carbocycles. The summed E-state index contributed by atoms with van der Waals surface area (Å²) >= 11 is 0. The Balaban J connectivity index is 1.52. The van der Waals surface area contributed by atoms with Crippen molar-refractivity contribution >= 4 is 33.9 Å². The Labute approximate surface area is 197 Å². The van der Waals surface area contributed by atoms with Crippen LogP contribution in [-0.2, 0) is 22.6 Å². The van der Waals surface area contributed by atoms with Gasteiger partial charge in [-0.3, -0.25) is 24.2 Å². The topological polar surface area (TPSA) is 85.9 Å². The maximum Gasteiger partial charge on any atom is 0.263 e. The Hall–Kier alpha value is -4.07. The van der Waals surface area contributed by atoms with Gasteiger partial charge in [-0.05, 0) is 44.4 Å². The number of aromatic nitrogens is 5. The minimum Gasteiger partial charge on any atom is -0.344 e. The van der Waals surface area contributed by atoms with Gasteiger partial charge in [-0.2, -0.15) is 0 Å². The second-order valence-electron chi connectivity index (χ2n) is 8.81. The molecule has 1 aromatic carbocycles. The lowest BCUT2D eigenvalue weighted by molar-refractivity contribution is -0.134. The molecule has 8 heteroatoms. The standard InChI is InChI=1S/C26H26N6O2/c1-17(2)32-15-20(19-10-4-5-11-22(19)32)23-24(26(34)30(3)25(23)33)21-16-31(29-28-21)13-7-9-18-8-6-12-27-14-18/h4-6,8,10-12,14-17H,7,9,13H2,1-3H3. The van der Waals surface area contributed by atoms with Gasteiger partial charge in [0.1, 0.15) is 5.69 Å². The monoisotopic (exact) mass is 454 g/mol. The zero-order valence-electron chi connectivity index (χ0n) is 19.5. The Morgan fingerprint density at radius 3 is 2.53 bits per heavy atom.